The maximum atomic E-state index is 11.7. The Labute approximate surface area is 127 Å². The number of benzene rings is 1. The zero-order chi connectivity index (χ0) is 15.7. The van der Waals surface area contributed by atoms with E-state index in [9.17, 15) is 4.79 Å². The van der Waals surface area contributed by atoms with Crippen LogP contribution < -0.4 is 4.74 Å². The van der Waals surface area contributed by atoms with E-state index >= 15 is 0 Å². The second kappa shape index (κ2) is 9.01. The lowest BCUT2D eigenvalue weighted by Crippen LogP contribution is -2.05. The lowest BCUT2D eigenvalue weighted by Gasteiger charge is -2.08. The largest absolute Gasteiger partial charge is 0.493 e. The van der Waals surface area contributed by atoms with E-state index in [1.54, 1.807) is 13.8 Å². The van der Waals surface area contributed by atoms with Crippen molar-refractivity contribution < 1.29 is 14.3 Å². The van der Waals surface area contributed by atoms with Gasteiger partial charge in [-0.3, -0.25) is 0 Å². The molecular weight excluding hydrogens is 264 g/mol. The molecule has 0 fully saturated rings. The summed E-state index contributed by atoms with van der Waals surface area (Å²) in [6.45, 7) is 8.62. The van der Waals surface area contributed by atoms with Gasteiger partial charge >= 0.3 is 5.97 Å². The van der Waals surface area contributed by atoms with Crippen LogP contribution in [0.4, 0.5) is 0 Å². The number of allylic oxidation sites excluding steroid dienone is 2. The van der Waals surface area contributed by atoms with E-state index < -0.39 is 0 Å². The van der Waals surface area contributed by atoms with Gasteiger partial charge in [0, 0.05) is 11.1 Å². The molecule has 0 aliphatic rings. The van der Waals surface area contributed by atoms with Gasteiger partial charge in [0.15, 0.2) is 0 Å². The van der Waals surface area contributed by atoms with Crippen molar-refractivity contribution in [1.29, 1.82) is 0 Å². The smallest absolute Gasteiger partial charge is 0.333 e. The van der Waals surface area contributed by atoms with Crippen molar-refractivity contribution in [3.05, 3.63) is 47.1 Å². The van der Waals surface area contributed by atoms with Gasteiger partial charge in [-0.1, -0.05) is 25.1 Å². The molecule has 0 radical (unpaired) electrons. The normalized spacial score (nSPS) is 12.2. The molecule has 0 atom stereocenters. The first-order chi connectivity index (χ1) is 10.1. The van der Waals surface area contributed by atoms with Gasteiger partial charge in [0.05, 0.1) is 13.2 Å². The van der Waals surface area contributed by atoms with E-state index in [1.165, 1.54) is 0 Å². The average Bonchev–Trinajstić information content (AvgIpc) is 2.48. The number of hydrogen-bond acceptors (Lipinski definition) is 3. The third-order valence-electron chi connectivity index (χ3n) is 2.97. The Hall–Kier alpha value is -2.03. The predicted octanol–water partition coefficient (Wildman–Crippen LogP) is 4.39. The Kier molecular flexibility index (Phi) is 7.30. The number of carbonyl (C=O) groups is 1. The van der Waals surface area contributed by atoms with Crippen LogP contribution >= 0.6 is 0 Å². The molecule has 0 unspecified atom stereocenters. The molecule has 3 heteroatoms. The van der Waals surface area contributed by atoms with Crippen molar-refractivity contribution in [1.82, 2.24) is 0 Å². The molecule has 0 saturated carbocycles. The summed E-state index contributed by atoms with van der Waals surface area (Å²) in [6, 6.07) is 7.88. The first-order valence-corrected chi connectivity index (χ1v) is 7.40. The highest BCUT2D eigenvalue weighted by atomic mass is 16.5. The number of carbonyl (C=O) groups excluding carboxylic acids is 1. The number of para-hydroxylation sites is 1. The molecule has 21 heavy (non-hydrogen) atoms. The summed E-state index contributed by atoms with van der Waals surface area (Å²) in [5, 5.41) is 0. The maximum absolute atomic E-state index is 11.7. The number of ether oxygens (including phenoxy) is 2. The highest BCUT2D eigenvalue weighted by molar-refractivity contribution is 5.88. The van der Waals surface area contributed by atoms with Crippen LogP contribution in [0, 0.1) is 0 Å². The lowest BCUT2D eigenvalue weighted by atomic mass is 10.1. The number of hydrogen-bond donors (Lipinski definition) is 0. The molecule has 1 rings (SSSR count). The van der Waals surface area contributed by atoms with E-state index in [2.05, 4.69) is 6.92 Å². The molecule has 0 aromatic heterocycles. The minimum Gasteiger partial charge on any atom is -0.493 e. The van der Waals surface area contributed by atoms with Crippen LogP contribution in [0.1, 0.15) is 39.7 Å². The van der Waals surface area contributed by atoms with E-state index in [1.807, 2.05) is 43.3 Å². The zero-order valence-corrected chi connectivity index (χ0v) is 13.3. The average molecular weight is 288 g/mol. The maximum Gasteiger partial charge on any atom is 0.333 e. The fourth-order valence-electron chi connectivity index (χ4n) is 1.91. The molecule has 114 valence electrons. The summed E-state index contributed by atoms with van der Waals surface area (Å²) < 4.78 is 10.6. The molecule has 1 aromatic carbocycles. The SMILES string of the molecule is CCOC(=O)C(C)=CC(=Cc1ccccc1OCC)CC. The van der Waals surface area contributed by atoms with E-state index in [4.69, 9.17) is 9.47 Å². The standard InChI is InChI=1S/C18H24O3/c1-5-15(12-14(4)18(19)21-7-3)13-16-10-8-9-11-17(16)20-6-2/h8-13H,5-7H2,1-4H3. The lowest BCUT2D eigenvalue weighted by molar-refractivity contribution is -0.138. The van der Waals surface area contributed by atoms with Gasteiger partial charge in [0.1, 0.15) is 5.75 Å². The first-order valence-electron chi connectivity index (χ1n) is 7.40. The van der Waals surface area contributed by atoms with Crippen LogP contribution in [0.3, 0.4) is 0 Å². The van der Waals surface area contributed by atoms with Crippen molar-refractivity contribution >= 4 is 12.0 Å². The second-order valence-corrected chi connectivity index (χ2v) is 4.59. The highest BCUT2D eigenvalue weighted by Gasteiger charge is 2.06. The summed E-state index contributed by atoms with van der Waals surface area (Å²) in [6.07, 6.45) is 4.76. The van der Waals surface area contributed by atoms with Crippen LogP contribution in [-0.4, -0.2) is 19.2 Å². The molecule has 0 bridgehead atoms. The summed E-state index contributed by atoms with van der Waals surface area (Å²) in [5.41, 5.74) is 2.69. The molecule has 0 aliphatic carbocycles. The third kappa shape index (κ3) is 5.46. The molecular formula is C18H24O3. The summed E-state index contributed by atoms with van der Waals surface area (Å²) >= 11 is 0. The van der Waals surface area contributed by atoms with Gasteiger partial charge in [0.25, 0.3) is 0 Å². The Bertz CT molecular complexity index is 527. The number of esters is 1. The fourth-order valence-corrected chi connectivity index (χ4v) is 1.91. The molecule has 0 spiro atoms. The summed E-state index contributed by atoms with van der Waals surface area (Å²) in [4.78, 5) is 11.7. The Morgan fingerprint density at radius 2 is 1.86 bits per heavy atom. The quantitative estimate of drug-likeness (QED) is 0.424. The topological polar surface area (TPSA) is 35.5 Å². The van der Waals surface area contributed by atoms with Crippen LogP contribution in [-0.2, 0) is 9.53 Å². The Balaban J connectivity index is 3.04. The van der Waals surface area contributed by atoms with Gasteiger partial charge in [-0.25, -0.2) is 4.79 Å². The number of rotatable bonds is 7. The van der Waals surface area contributed by atoms with Crippen LogP contribution in [0.5, 0.6) is 5.75 Å². The van der Waals surface area contributed by atoms with Gasteiger partial charge in [-0.2, -0.15) is 0 Å². The van der Waals surface area contributed by atoms with Crippen LogP contribution in [0.2, 0.25) is 0 Å². The summed E-state index contributed by atoms with van der Waals surface area (Å²) in [7, 11) is 0. The van der Waals surface area contributed by atoms with Gasteiger partial charge in [-0.15, -0.1) is 0 Å². The van der Waals surface area contributed by atoms with Crippen molar-refractivity contribution in [2.45, 2.75) is 34.1 Å². The van der Waals surface area contributed by atoms with E-state index in [0.29, 0.717) is 18.8 Å². The molecule has 0 amide bonds. The van der Waals surface area contributed by atoms with Crippen molar-refractivity contribution in [2.75, 3.05) is 13.2 Å². The van der Waals surface area contributed by atoms with Gasteiger partial charge in [-0.05, 0) is 51.0 Å². The second-order valence-electron chi connectivity index (χ2n) is 4.59. The highest BCUT2D eigenvalue weighted by Crippen LogP contribution is 2.22. The van der Waals surface area contributed by atoms with Gasteiger partial charge in [0.2, 0.25) is 0 Å². The Morgan fingerprint density at radius 1 is 1.14 bits per heavy atom. The first kappa shape index (κ1) is 17.0. The van der Waals surface area contributed by atoms with Crippen LogP contribution in [0.25, 0.3) is 6.08 Å². The monoisotopic (exact) mass is 288 g/mol. The van der Waals surface area contributed by atoms with Crippen LogP contribution in [0.15, 0.2) is 41.5 Å². The molecule has 0 heterocycles. The molecule has 0 saturated heterocycles. The van der Waals surface area contributed by atoms with Gasteiger partial charge < -0.3 is 9.47 Å². The van der Waals surface area contributed by atoms with E-state index in [-0.39, 0.29) is 5.97 Å². The zero-order valence-electron chi connectivity index (χ0n) is 13.3. The van der Waals surface area contributed by atoms with Crippen molar-refractivity contribution in [3.63, 3.8) is 0 Å². The Morgan fingerprint density at radius 3 is 2.48 bits per heavy atom. The third-order valence-corrected chi connectivity index (χ3v) is 2.97. The molecule has 1 aromatic rings. The van der Waals surface area contributed by atoms with E-state index in [0.717, 1.165) is 23.3 Å². The minimum absolute atomic E-state index is 0.269. The van der Waals surface area contributed by atoms with Crippen molar-refractivity contribution in [2.24, 2.45) is 0 Å². The predicted molar refractivity (Wildman–Crippen MR) is 86.3 cm³/mol. The van der Waals surface area contributed by atoms with Crippen molar-refractivity contribution in [3.8, 4) is 5.75 Å². The minimum atomic E-state index is -0.269. The molecule has 3 nitrogen and oxygen atoms in total. The molecule has 0 aliphatic heterocycles. The molecule has 0 N–H and O–H groups in total. The summed E-state index contributed by atoms with van der Waals surface area (Å²) in [5.74, 6) is 0.586. The fraction of sp³-hybridized carbons (Fsp3) is 0.389.